The average molecular weight is 296 g/mol. The molecule has 1 heterocycles. The molecule has 2 atom stereocenters. The fraction of sp³-hybridized carbons (Fsp3) is 0.833. The Hall–Kier alpha value is -1.31. The van der Waals surface area contributed by atoms with Crippen LogP contribution >= 0.6 is 0 Å². The summed E-state index contributed by atoms with van der Waals surface area (Å²) in [5.74, 6) is -1.18. The van der Waals surface area contributed by atoms with Crippen molar-refractivity contribution < 1.29 is 27.9 Å². The van der Waals surface area contributed by atoms with Gasteiger partial charge in [-0.3, -0.25) is 9.69 Å². The Bertz CT molecular complexity index is 336. The highest BCUT2D eigenvalue weighted by Gasteiger charge is 2.44. The van der Waals surface area contributed by atoms with Gasteiger partial charge < -0.3 is 10.4 Å². The molecule has 0 radical (unpaired) electrons. The van der Waals surface area contributed by atoms with Crippen LogP contribution in [0.2, 0.25) is 0 Å². The monoisotopic (exact) mass is 296 g/mol. The third-order valence-electron chi connectivity index (χ3n) is 3.50. The largest absolute Gasteiger partial charge is 0.480 e. The zero-order valence-corrected chi connectivity index (χ0v) is 11.0. The van der Waals surface area contributed by atoms with Crippen LogP contribution in [0.1, 0.15) is 32.1 Å². The summed E-state index contributed by atoms with van der Waals surface area (Å²) in [6.45, 7) is 0.567. The summed E-state index contributed by atoms with van der Waals surface area (Å²) in [6, 6.07) is -2.47. The van der Waals surface area contributed by atoms with Crippen molar-refractivity contribution in [2.75, 3.05) is 13.1 Å². The molecule has 0 aromatic heterocycles. The number of piperidine rings is 1. The van der Waals surface area contributed by atoms with Gasteiger partial charge in [0.1, 0.15) is 12.1 Å². The summed E-state index contributed by atoms with van der Waals surface area (Å²) in [6.07, 6.45) is -2.16. The Labute approximate surface area is 115 Å². The topological polar surface area (TPSA) is 69.6 Å². The minimum Gasteiger partial charge on any atom is -0.480 e. The van der Waals surface area contributed by atoms with Gasteiger partial charge in [-0.15, -0.1) is 0 Å². The van der Waals surface area contributed by atoms with E-state index in [0.29, 0.717) is 19.4 Å². The quantitative estimate of drug-likeness (QED) is 0.696. The van der Waals surface area contributed by atoms with Crippen molar-refractivity contribution >= 4 is 12.4 Å². The first-order valence-corrected chi connectivity index (χ1v) is 6.59. The van der Waals surface area contributed by atoms with E-state index < -0.39 is 24.2 Å². The molecule has 2 N–H and O–H groups in total. The number of carbonyl (C=O) groups is 2. The summed E-state index contributed by atoms with van der Waals surface area (Å²) >= 11 is 0. The Morgan fingerprint density at radius 3 is 2.70 bits per heavy atom. The first-order valence-electron chi connectivity index (χ1n) is 6.59. The highest BCUT2D eigenvalue weighted by Crippen LogP contribution is 2.31. The maximum absolute atomic E-state index is 12.8. The van der Waals surface area contributed by atoms with Crippen LogP contribution < -0.4 is 5.32 Å². The highest BCUT2D eigenvalue weighted by molar-refractivity contribution is 5.76. The van der Waals surface area contributed by atoms with Gasteiger partial charge in [0.15, 0.2) is 0 Å². The second kappa shape index (κ2) is 7.47. The molecule has 0 spiro atoms. The van der Waals surface area contributed by atoms with Crippen LogP contribution in [0, 0.1) is 0 Å². The van der Waals surface area contributed by atoms with Crippen molar-refractivity contribution in [3.8, 4) is 0 Å². The van der Waals surface area contributed by atoms with E-state index in [-0.39, 0.29) is 25.8 Å². The number of alkyl halides is 3. The van der Waals surface area contributed by atoms with E-state index in [1.807, 2.05) is 0 Å². The number of nitrogens with one attached hydrogen (secondary N) is 1. The number of likely N-dealkylation sites (tertiary alicyclic amines) is 1. The summed E-state index contributed by atoms with van der Waals surface area (Å²) < 4.78 is 38.5. The first kappa shape index (κ1) is 16.7. The molecule has 0 saturated carbocycles. The maximum atomic E-state index is 12.8. The number of carbonyl (C=O) groups excluding carboxylic acids is 1. The molecule has 0 bridgehead atoms. The number of rotatable bonds is 7. The lowest BCUT2D eigenvalue weighted by Crippen LogP contribution is -2.49. The molecule has 0 aliphatic carbocycles. The number of carboxylic acids is 1. The van der Waals surface area contributed by atoms with Crippen LogP contribution in [0.4, 0.5) is 13.2 Å². The molecule has 0 aromatic carbocycles. The molecular weight excluding hydrogens is 277 g/mol. The summed E-state index contributed by atoms with van der Waals surface area (Å²) in [4.78, 5) is 22.4. The van der Waals surface area contributed by atoms with Crippen LogP contribution in [0.25, 0.3) is 0 Å². The van der Waals surface area contributed by atoms with Crippen molar-refractivity contribution in [2.24, 2.45) is 0 Å². The molecule has 0 aromatic rings. The van der Waals surface area contributed by atoms with Crippen molar-refractivity contribution in [2.45, 2.75) is 50.4 Å². The van der Waals surface area contributed by atoms with Crippen molar-refractivity contribution in [3.05, 3.63) is 0 Å². The van der Waals surface area contributed by atoms with E-state index in [9.17, 15) is 22.8 Å². The van der Waals surface area contributed by atoms with Gasteiger partial charge in [0.05, 0.1) is 0 Å². The molecule has 20 heavy (non-hydrogen) atoms. The smallest absolute Gasteiger partial charge is 0.404 e. The SMILES string of the molecule is O=CNC(CCCN1CCCC[C@@H]1C(F)(F)F)C(=O)O. The van der Waals surface area contributed by atoms with Crippen LogP contribution in [0.15, 0.2) is 0 Å². The Balaban J connectivity index is 2.45. The van der Waals surface area contributed by atoms with Crippen LogP contribution in [-0.2, 0) is 9.59 Å². The molecular formula is C12H19F3N2O3. The van der Waals surface area contributed by atoms with Gasteiger partial charge >= 0.3 is 12.1 Å². The summed E-state index contributed by atoms with van der Waals surface area (Å²) in [5, 5.41) is 10.9. The fourth-order valence-corrected chi connectivity index (χ4v) is 2.49. The second-order valence-electron chi connectivity index (χ2n) is 4.91. The molecule has 1 aliphatic heterocycles. The fourth-order valence-electron chi connectivity index (χ4n) is 2.49. The molecule has 1 fully saturated rings. The molecule has 1 rings (SSSR count). The lowest BCUT2D eigenvalue weighted by Gasteiger charge is -2.36. The molecule has 116 valence electrons. The minimum absolute atomic E-state index is 0.0957. The standard InChI is InChI=1S/C12H19F3N2O3/c13-12(14,15)10-5-1-2-6-17(10)7-3-4-9(11(19)20)16-8-18/h8-10H,1-7H2,(H,16,18)(H,19,20)/t9?,10-/m1/s1. The number of carboxylic acid groups (broad SMARTS) is 1. The van der Waals surface area contributed by atoms with E-state index in [1.54, 1.807) is 0 Å². The lowest BCUT2D eigenvalue weighted by atomic mass is 10.0. The third kappa shape index (κ3) is 4.99. The molecule has 1 saturated heterocycles. The molecule has 1 unspecified atom stereocenters. The van der Waals surface area contributed by atoms with E-state index in [0.717, 1.165) is 6.42 Å². The van der Waals surface area contributed by atoms with Crippen molar-refractivity contribution in [3.63, 3.8) is 0 Å². The third-order valence-corrected chi connectivity index (χ3v) is 3.50. The highest BCUT2D eigenvalue weighted by atomic mass is 19.4. The summed E-state index contributed by atoms with van der Waals surface area (Å²) in [7, 11) is 0. The molecule has 8 heteroatoms. The van der Waals surface area contributed by atoms with Gasteiger partial charge in [0.2, 0.25) is 6.41 Å². The van der Waals surface area contributed by atoms with Crippen LogP contribution in [0.3, 0.4) is 0 Å². The molecule has 1 aliphatic rings. The number of halogens is 3. The predicted octanol–water partition coefficient (Wildman–Crippen LogP) is 1.38. The van der Waals surface area contributed by atoms with Crippen LogP contribution in [0.5, 0.6) is 0 Å². The lowest BCUT2D eigenvalue weighted by molar-refractivity contribution is -0.191. The summed E-state index contributed by atoms with van der Waals surface area (Å²) in [5.41, 5.74) is 0. The zero-order valence-electron chi connectivity index (χ0n) is 11.0. The van der Waals surface area contributed by atoms with E-state index in [4.69, 9.17) is 5.11 Å². The maximum Gasteiger partial charge on any atom is 0.404 e. The Morgan fingerprint density at radius 2 is 2.15 bits per heavy atom. The van der Waals surface area contributed by atoms with Gasteiger partial charge in [-0.2, -0.15) is 13.2 Å². The number of nitrogens with zero attached hydrogens (tertiary/aromatic N) is 1. The Morgan fingerprint density at radius 1 is 1.45 bits per heavy atom. The Kier molecular flexibility index (Phi) is 6.25. The van der Waals surface area contributed by atoms with Gasteiger partial charge in [-0.1, -0.05) is 6.42 Å². The number of hydrogen-bond donors (Lipinski definition) is 2. The van der Waals surface area contributed by atoms with Crippen LogP contribution in [-0.4, -0.2) is 53.7 Å². The van der Waals surface area contributed by atoms with Crippen molar-refractivity contribution in [1.82, 2.24) is 10.2 Å². The van der Waals surface area contributed by atoms with E-state index in [1.165, 1.54) is 4.90 Å². The second-order valence-corrected chi connectivity index (χ2v) is 4.91. The first-order chi connectivity index (χ1) is 9.36. The molecule has 5 nitrogen and oxygen atoms in total. The number of aliphatic carboxylic acids is 1. The normalized spacial score (nSPS) is 22.2. The molecule has 1 amide bonds. The van der Waals surface area contributed by atoms with Gasteiger partial charge in [-0.05, 0) is 38.8 Å². The van der Waals surface area contributed by atoms with Gasteiger partial charge in [0, 0.05) is 0 Å². The number of hydrogen-bond acceptors (Lipinski definition) is 3. The predicted molar refractivity (Wildman–Crippen MR) is 65.1 cm³/mol. The van der Waals surface area contributed by atoms with E-state index in [2.05, 4.69) is 5.32 Å². The minimum atomic E-state index is -4.24. The zero-order chi connectivity index (χ0) is 15.2. The van der Waals surface area contributed by atoms with Crippen molar-refractivity contribution in [1.29, 1.82) is 0 Å². The van der Waals surface area contributed by atoms with Gasteiger partial charge in [0.25, 0.3) is 0 Å². The number of amides is 1. The van der Waals surface area contributed by atoms with Gasteiger partial charge in [-0.25, -0.2) is 4.79 Å². The average Bonchev–Trinajstić information content (AvgIpc) is 2.37. The van der Waals surface area contributed by atoms with E-state index >= 15 is 0 Å².